The maximum absolute atomic E-state index is 6.29. The zero-order valence-corrected chi connectivity index (χ0v) is 17.0. The van der Waals surface area contributed by atoms with Gasteiger partial charge in [-0.1, -0.05) is 16.8 Å². The number of nitrogens with one attached hydrogen (secondary N) is 2. The number of aromatic nitrogens is 6. The van der Waals surface area contributed by atoms with E-state index in [0.29, 0.717) is 22.6 Å². The Morgan fingerprint density at radius 2 is 2.24 bits per heavy atom. The Bertz CT molecular complexity index is 1120. The largest absolute Gasteiger partial charge is 0.358 e. The molecule has 148 valence electrons. The molecule has 0 bridgehead atoms. The number of nitrogens with zero attached hydrogens (tertiary/aromatic N) is 6. The Balaban J connectivity index is 1.42. The highest BCUT2D eigenvalue weighted by molar-refractivity contribution is 7.07. The third-order valence-corrected chi connectivity index (χ3v) is 5.61. The fraction of sp³-hybridized carbons (Fsp3) is 0.278. The summed E-state index contributed by atoms with van der Waals surface area (Å²) in [6.45, 7) is 2.75. The Hall–Kier alpha value is -2.98. The highest BCUT2D eigenvalue weighted by Crippen LogP contribution is 2.37. The van der Waals surface area contributed by atoms with Gasteiger partial charge in [0.1, 0.15) is 16.4 Å². The molecular weight excluding hydrogens is 412 g/mol. The van der Waals surface area contributed by atoms with Crippen molar-refractivity contribution in [1.82, 2.24) is 30.3 Å². The topological polar surface area (TPSA) is 109 Å². The summed E-state index contributed by atoms with van der Waals surface area (Å²) in [7, 11) is 0. The molecule has 5 rings (SSSR count). The van der Waals surface area contributed by atoms with Crippen LogP contribution < -0.4 is 10.2 Å². The summed E-state index contributed by atoms with van der Waals surface area (Å²) >= 11 is 7.82. The van der Waals surface area contributed by atoms with Gasteiger partial charge >= 0.3 is 0 Å². The highest BCUT2D eigenvalue weighted by atomic mass is 35.5. The molecule has 1 saturated heterocycles. The minimum absolute atomic E-state index is 0.0107. The van der Waals surface area contributed by atoms with Crippen LogP contribution >= 0.6 is 22.9 Å². The monoisotopic (exact) mass is 428 g/mol. The van der Waals surface area contributed by atoms with Crippen LogP contribution in [0.4, 0.5) is 17.6 Å². The average Bonchev–Trinajstić information content (AvgIpc) is 3.50. The number of anilines is 3. The molecule has 0 saturated carbocycles. The van der Waals surface area contributed by atoms with Gasteiger partial charge in [0, 0.05) is 29.8 Å². The van der Waals surface area contributed by atoms with E-state index in [1.807, 2.05) is 24.4 Å². The molecule has 5 heterocycles. The summed E-state index contributed by atoms with van der Waals surface area (Å²) in [4.78, 5) is 15.5. The minimum Gasteiger partial charge on any atom is -0.358 e. The first-order valence-corrected chi connectivity index (χ1v) is 10.4. The van der Waals surface area contributed by atoms with Gasteiger partial charge < -0.3 is 14.7 Å². The lowest BCUT2D eigenvalue weighted by Crippen LogP contribution is -2.24. The van der Waals surface area contributed by atoms with E-state index in [4.69, 9.17) is 16.1 Å². The lowest BCUT2D eigenvalue weighted by molar-refractivity contribution is 0.362. The Labute approximate surface area is 175 Å². The number of hydrogen-bond donors (Lipinski definition) is 2. The van der Waals surface area contributed by atoms with E-state index in [-0.39, 0.29) is 6.04 Å². The van der Waals surface area contributed by atoms with Crippen molar-refractivity contribution in [3.8, 4) is 11.4 Å². The summed E-state index contributed by atoms with van der Waals surface area (Å²) < 4.78 is 5.64. The summed E-state index contributed by atoms with van der Waals surface area (Å²) in [6.07, 6.45) is 3.53. The molecule has 1 aliphatic rings. The van der Waals surface area contributed by atoms with Gasteiger partial charge in [0.15, 0.2) is 17.4 Å². The molecule has 1 fully saturated rings. The first kappa shape index (κ1) is 18.1. The summed E-state index contributed by atoms with van der Waals surface area (Å²) in [5.74, 6) is 2.52. The van der Waals surface area contributed by atoms with Crippen LogP contribution in [0.1, 0.15) is 30.3 Å². The molecule has 4 aromatic rings. The molecule has 0 amide bonds. The van der Waals surface area contributed by atoms with Gasteiger partial charge in [-0.2, -0.15) is 10.1 Å². The number of aryl methyl sites for hydroxylation is 1. The molecule has 0 radical (unpaired) electrons. The van der Waals surface area contributed by atoms with Crippen LogP contribution in [-0.2, 0) is 0 Å². The first-order valence-electron chi connectivity index (χ1n) is 9.11. The third-order valence-electron chi connectivity index (χ3n) is 4.75. The lowest BCUT2D eigenvalue weighted by atomic mass is 10.1. The van der Waals surface area contributed by atoms with Gasteiger partial charge in [0.25, 0.3) is 0 Å². The van der Waals surface area contributed by atoms with Gasteiger partial charge in [-0.05, 0) is 19.8 Å². The Morgan fingerprint density at radius 3 is 3.03 bits per heavy atom. The smallest absolute Gasteiger partial charge is 0.228 e. The maximum atomic E-state index is 6.29. The molecule has 2 N–H and O–H groups in total. The van der Waals surface area contributed by atoms with Gasteiger partial charge in [0.2, 0.25) is 5.95 Å². The van der Waals surface area contributed by atoms with Crippen molar-refractivity contribution in [2.75, 3.05) is 16.8 Å². The Kier molecular flexibility index (Phi) is 4.64. The molecule has 0 aliphatic carbocycles. The summed E-state index contributed by atoms with van der Waals surface area (Å²) in [5, 5.41) is 16.8. The zero-order chi connectivity index (χ0) is 19.8. The number of hydrogen-bond acceptors (Lipinski definition) is 9. The zero-order valence-electron chi connectivity index (χ0n) is 15.5. The summed E-state index contributed by atoms with van der Waals surface area (Å²) in [5.41, 5.74) is 4.28. The molecule has 29 heavy (non-hydrogen) atoms. The highest BCUT2D eigenvalue weighted by Gasteiger charge is 2.32. The van der Waals surface area contributed by atoms with Gasteiger partial charge in [-0.3, -0.25) is 5.10 Å². The standard InChI is InChI=1S/C18H17ClN8OS/c1-10-5-16(25-24-10)22-17-11(19)7-20-18(23-17)27-4-2-3-14(27)15-6-12(26-28-15)13-8-29-9-21-13/h5-9,14H,2-4H2,1H3,(H2,20,22,23,24,25)/t14-/m0/s1. The van der Waals surface area contributed by atoms with E-state index in [1.54, 1.807) is 11.7 Å². The van der Waals surface area contributed by atoms with Crippen molar-refractivity contribution in [1.29, 1.82) is 0 Å². The van der Waals surface area contributed by atoms with Crippen LogP contribution in [-0.4, -0.2) is 36.9 Å². The van der Waals surface area contributed by atoms with E-state index >= 15 is 0 Å². The predicted octanol–water partition coefficient (Wildman–Crippen LogP) is 4.36. The van der Waals surface area contributed by atoms with Crippen molar-refractivity contribution in [3.05, 3.63) is 45.7 Å². The number of thiazole rings is 1. The summed E-state index contributed by atoms with van der Waals surface area (Å²) in [6, 6.07) is 3.84. The average molecular weight is 429 g/mol. The SMILES string of the molecule is Cc1cc(Nc2nc(N3CCC[C@H]3c3cc(-c4cscn4)no3)ncc2Cl)n[nH]1. The second kappa shape index (κ2) is 7.45. The van der Waals surface area contributed by atoms with Crippen molar-refractivity contribution in [2.24, 2.45) is 0 Å². The number of H-pyrrole nitrogens is 1. The van der Waals surface area contributed by atoms with E-state index in [0.717, 1.165) is 42.2 Å². The molecule has 1 aliphatic heterocycles. The molecule has 11 heteroatoms. The van der Waals surface area contributed by atoms with Crippen LogP contribution in [0, 0.1) is 6.92 Å². The minimum atomic E-state index is 0.0107. The van der Waals surface area contributed by atoms with Crippen molar-refractivity contribution < 1.29 is 4.52 Å². The number of halogens is 1. The first-order chi connectivity index (χ1) is 14.2. The second-order valence-electron chi connectivity index (χ2n) is 6.77. The molecular formula is C18H17ClN8OS. The van der Waals surface area contributed by atoms with Crippen LogP contribution in [0.15, 0.2) is 33.7 Å². The fourth-order valence-corrected chi connectivity index (χ4v) is 4.08. The van der Waals surface area contributed by atoms with E-state index < -0.39 is 0 Å². The Morgan fingerprint density at radius 1 is 1.31 bits per heavy atom. The lowest BCUT2D eigenvalue weighted by Gasteiger charge is -2.23. The maximum Gasteiger partial charge on any atom is 0.228 e. The molecule has 1 atom stereocenters. The van der Waals surface area contributed by atoms with Crippen molar-refractivity contribution in [3.63, 3.8) is 0 Å². The van der Waals surface area contributed by atoms with Crippen LogP contribution in [0.3, 0.4) is 0 Å². The van der Waals surface area contributed by atoms with Crippen molar-refractivity contribution >= 4 is 40.5 Å². The van der Waals surface area contributed by atoms with Crippen molar-refractivity contribution in [2.45, 2.75) is 25.8 Å². The molecule has 0 spiro atoms. The quantitative estimate of drug-likeness (QED) is 0.482. The predicted molar refractivity (Wildman–Crippen MR) is 111 cm³/mol. The second-order valence-corrected chi connectivity index (χ2v) is 7.89. The van der Waals surface area contributed by atoms with E-state index in [2.05, 4.69) is 40.5 Å². The van der Waals surface area contributed by atoms with Gasteiger partial charge in [-0.15, -0.1) is 11.3 Å². The van der Waals surface area contributed by atoms with E-state index in [1.165, 1.54) is 11.3 Å². The molecule has 0 unspecified atom stereocenters. The fourth-order valence-electron chi connectivity index (χ4n) is 3.40. The van der Waals surface area contributed by atoms with E-state index in [9.17, 15) is 0 Å². The van der Waals surface area contributed by atoms with Crippen LogP contribution in [0.25, 0.3) is 11.4 Å². The van der Waals surface area contributed by atoms with Gasteiger partial charge in [0.05, 0.1) is 17.7 Å². The van der Waals surface area contributed by atoms with Crippen LogP contribution in [0.2, 0.25) is 5.02 Å². The molecule has 0 aromatic carbocycles. The normalized spacial score (nSPS) is 16.5. The third kappa shape index (κ3) is 3.56. The molecule has 4 aromatic heterocycles. The number of rotatable bonds is 5. The van der Waals surface area contributed by atoms with Gasteiger partial charge in [-0.25, -0.2) is 9.97 Å². The molecule has 9 nitrogen and oxygen atoms in total. The number of aromatic amines is 1. The van der Waals surface area contributed by atoms with Crippen LogP contribution in [0.5, 0.6) is 0 Å².